The third-order valence-electron chi connectivity index (χ3n) is 5.65. The number of methoxy groups -OCH3 is 2. The zero-order valence-corrected chi connectivity index (χ0v) is 19.9. The predicted octanol–water partition coefficient (Wildman–Crippen LogP) is 4.94. The number of rotatable bonds is 7. The van der Waals surface area contributed by atoms with Crippen molar-refractivity contribution in [2.75, 3.05) is 19.5 Å². The number of hydrogen-bond acceptors (Lipinski definition) is 8. The molecular formula is C27H23N5O4. The van der Waals surface area contributed by atoms with Gasteiger partial charge in [-0.15, -0.1) is 0 Å². The molecule has 0 radical (unpaired) electrons. The smallest absolute Gasteiger partial charge is 0.264 e. The van der Waals surface area contributed by atoms with Gasteiger partial charge in [0, 0.05) is 36.6 Å². The van der Waals surface area contributed by atoms with Crippen LogP contribution in [0.1, 0.15) is 0 Å². The van der Waals surface area contributed by atoms with Crippen LogP contribution in [0.5, 0.6) is 23.0 Å². The molecule has 0 fully saturated rings. The van der Waals surface area contributed by atoms with Crippen molar-refractivity contribution in [3.05, 3.63) is 89.6 Å². The number of pyridine rings is 2. The van der Waals surface area contributed by atoms with E-state index in [1.165, 1.54) is 10.8 Å². The molecule has 0 aliphatic heterocycles. The van der Waals surface area contributed by atoms with Gasteiger partial charge in [-0.05, 0) is 36.4 Å². The van der Waals surface area contributed by atoms with Gasteiger partial charge in [-0.25, -0.2) is 4.98 Å². The number of nitrogens with one attached hydrogen (secondary N) is 1. The van der Waals surface area contributed by atoms with Crippen LogP contribution in [0.4, 0.5) is 11.6 Å². The fourth-order valence-corrected chi connectivity index (χ4v) is 3.75. The quantitative estimate of drug-likeness (QED) is 0.349. The highest BCUT2D eigenvalue weighted by molar-refractivity contribution is 5.88. The monoisotopic (exact) mass is 481 g/mol. The molecule has 1 N–H and O–H groups in total. The van der Waals surface area contributed by atoms with Gasteiger partial charge in [0.25, 0.3) is 5.56 Å². The van der Waals surface area contributed by atoms with Crippen molar-refractivity contribution in [1.82, 2.24) is 19.5 Å². The number of ether oxygens (including phenoxy) is 3. The molecule has 9 heteroatoms. The highest BCUT2D eigenvalue weighted by Crippen LogP contribution is 2.36. The SMILES string of the molecule is COc1cc2nccc(Oc3ccc(-c4cnc(Nc5ccccc5)n(C)c4=O)nc3)c2cc1OC. The first-order valence-corrected chi connectivity index (χ1v) is 11.1. The lowest BCUT2D eigenvalue weighted by atomic mass is 10.2. The largest absolute Gasteiger partial charge is 0.493 e. The Bertz CT molecular complexity index is 1580. The number of fused-ring (bicyclic) bond motifs is 1. The predicted molar refractivity (Wildman–Crippen MR) is 137 cm³/mol. The van der Waals surface area contributed by atoms with Crippen LogP contribution < -0.4 is 25.1 Å². The maximum atomic E-state index is 13.0. The summed E-state index contributed by atoms with van der Waals surface area (Å²) < 4.78 is 18.3. The van der Waals surface area contributed by atoms with Crippen molar-refractivity contribution >= 4 is 22.5 Å². The van der Waals surface area contributed by atoms with Crippen LogP contribution in [0.15, 0.2) is 84.0 Å². The molecule has 0 unspecified atom stereocenters. The molecule has 2 aromatic carbocycles. The summed E-state index contributed by atoms with van der Waals surface area (Å²) in [4.78, 5) is 26.3. The first kappa shape index (κ1) is 22.9. The lowest BCUT2D eigenvalue weighted by molar-refractivity contribution is 0.355. The molecule has 0 saturated heterocycles. The van der Waals surface area contributed by atoms with Gasteiger partial charge in [0.2, 0.25) is 5.95 Å². The molecule has 0 aliphatic rings. The van der Waals surface area contributed by atoms with Gasteiger partial charge in [-0.1, -0.05) is 18.2 Å². The van der Waals surface area contributed by atoms with E-state index < -0.39 is 0 Å². The second-order valence-electron chi connectivity index (χ2n) is 7.87. The number of anilines is 2. The summed E-state index contributed by atoms with van der Waals surface area (Å²) in [6.45, 7) is 0. The second kappa shape index (κ2) is 9.75. The maximum Gasteiger partial charge on any atom is 0.264 e. The topological polar surface area (TPSA) is 100 Å². The van der Waals surface area contributed by atoms with Crippen molar-refractivity contribution in [2.45, 2.75) is 0 Å². The molecule has 180 valence electrons. The number of nitrogens with zero attached hydrogens (tertiary/aromatic N) is 4. The Hall–Kier alpha value is -4.92. The van der Waals surface area contributed by atoms with Crippen LogP contribution in [0.3, 0.4) is 0 Å². The van der Waals surface area contributed by atoms with E-state index >= 15 is 0 Å². The molecular weight excluding hydrogens is 458 g/mol. The van der Waals surface area contributed by atoms with Crippen LogP contribution in [0.2, 0.25) is 0 Å². The van der Waals surface area contributed by atoms with E-state index in [1.807, 2.05) is 36.4 Å². The van der Waals surface area contributed by atoms with Gasteiger partial charge in [0.15, 0.2) is 11.5 Å². The third kappa shape index (κ3) is 4.41. The Balaban J connectivity index is 1.41. The van der Waals surface area contributed by atoms with E-state index in [9.17, 15) is 4.79 Å². The second-order valence-corrected chi connectivity index (χ2v) is 7.87. The highest BCUT2D eigenvalue weighted by atomic mass is 16.5. The molecule has 5 aromatic rings. The molecule has 9 nitrogen and oxygen atoms in total. The zero-order chi connectivity index (χ0) is 25.1. The number of aromatic nitrogens is 4. The molecule has 36 heavy (non-hydrogen) atoms. The van der Waals surface area contributed by atoms with Crippen molar-refractivity contribution in [2.24, 2.45) is 7.05 Å². The van der Waals surface area contributed by atoms with Crippen LogP contribution in [0.25, 0.3) is 22.2 Å². The van der Waals surface area contributed by atoms with E-state index in [4.69, 9.17) is 14.2 Å². The summed E-state index contributed by atoms with van der Waals surface area (Å²) in [5, 5.41) is 3.91. The third-order valence-corrected chi connectivity index (χ3v) is 5.65. The van der Waals surface area contributed by atoms with Gasteiger partial charge >= 0.3 is 0 Å². The van der Waals surface area contributed by atoms with Crippen LogP contribution in [0, 0.1) is 0 Å². The van der Waals surface area contributed by atoms with Crippen molar-refractivity contribution in [3.63, 3.8) is 0 Å². The summed E-state index contributed by atoms with van der Waals surface area (Å²) in [6, 6.07) is 18.4. The number of hydrogen-bond donors (Lipinski definition) is 1. The maximum absolute atomic E-state index is 13.0. The Labute approximate surface area is 207 Å². The van der Waals surface area contributed by atoms with Crippen LogP contribution >= 0.6 is 0 Å². The zero-order valence-electron chi connectivity index (χ0n) is 19.9. The Morgan fingerprint density at radius 1 is 0.833 bits per heavy atom. The summed E-state index contributed by atoms with van der Waals surface area (Å²) >= 11 is 0. The molecule has 0 aliphatic carbocycles. The Morgan fingerprint density at radius 3 is 2.33 bits per heavy atom. The number of para-hydroxylation sites is 1. The van der Waals surface area contributed by atoms with Gasteiger partial charge in [0.05, 0.1) is 37.2 Å². The van der Waals surface area contributed by atoms with Gasteiger partial charge in [0.1, 0.15) is 11.5 Å². The molecule has 0 spiro atoms. The van der Waals surface area contributed by atoms with Crippen LogP contribution in [-0.4, -0.2) is 33.7 Å². The summed E-state index contributed by atoms with van der Waals surface area (Å²) in [5.74, 6) is 2.69. The molecule has 0 atom stereocenters. The van der Waals surface area contributed by atoms with Crippen LogP contribution in [-0.2, 0) is 7.05 Å². The molecule has 3 heterocycles. The standard InChI is InChI=1S/C27H23N5O4/c1-32-26(33)20(16-30-27(32)31-17-7-5-4-6-8-17)21-10-9-18(15-29-21)36-23-11-12-28-22-14-25(35-3)24(34-2)13-19(22)23/h4-16H,1-3H3,(H,30,31). The molecule has 5 rings (SSSR count). The first-order chi connectivity index (χ1) is 17.6. The average Bonchev–Trinajstić information content (AvgIpc) is 2.92. The molecule has 3 aromatic heterocycles. The normalized spacial score (nSPS) is 10.8. The van der Waals surface area contributed by atoms with E-state index in [-0.39, 0.29) is 5.56 Å². The summed E-state index contributed by atoms with van der Waals surface area (Å²) in [7, 11) is 4.82. The molecule has 0 bridgehead atoms. The van der Waals surface area contributed by atoms with E-state index in [2.05, 4.69) is 20.3 Å². The average molecular weight is 482 g/mol. The minimum absolute atomic E-state index is 0.217. The fraction of sp³-hybridized carbons (Fsp3) is 0.111. The fourth-order valence-electron chi connectivity index (χ4n) is 3.75. The highest BCUT2D eigenvalue weighted by Gasteiger charge is 2.13. The number of benzene rings is 2. The first-order valence-electron chi connectivity index (χ1n) is 11.1. The summed E-state index contributed by atoms with van der Waals surface area (Å²) in [6.07, 6.45) is 4.75. The van der Waals surface area contributed by atoms with E-state index in [1.54, 1.807) is 57.9 Å². The minimum atomic E-state index is -0.217. The lowest BCUT2D eigenvalue weighted by Gasteiger charge is -2.13. The minimum Gasteiger partial charge on any atom is -0.493 e. The Kier molecular flexibility index (Phi) is 6.19. The lowest BCUT2D eigenvalue weighted by Crippen LogP contribution is -2.22. The Morgan fingerprint density at radius 2 is 1.61 bits per heavy atom. The molecule has 0 saturated carbocycles. The van der Waals surface area contributed by atoms with Crippen molar-refractivity contribution in [3.8, 4) is 34.3 Å². The van der Waals surface area contributed by atoms with Crippen molar-refractivity contribution < 1.29 is 14.2 Å². The van der Waals surface area contributed by atoms with Gasteiger partial charge in [-0.3, -0.25) is 19.3 Å². The van der Waals surface area contributed by atoms with Crippen molar-refractivity contribution in [1.29, 1.82) is 0 Å². The molecule has 0 amide bonds. The van der Waals surface area contributed by atoms with Gasteiger partial charge < -0.3 is 19.5 Å². The van der Waals surface area contributed by atoms with Gasteiger partial charge in [-0.2, -0.15) is 0 Å². The van der Waals surface area contributed by atoms with E-state index in [0.717, 1.165) is 11.1 Å². The van der Waals surface area contributed by atoms with E-state index in [0.29, 0.717) is 45.7 Å². The summed E-state index contributed by atoms with van der Waals surface area (Å²) in [5.41, 5.74) is 2.20.